The second kappa shape index (κ2) is 8.84. The molecule has 0 amide bonds. The van der Waals surface area contributed by atoms with Crippen molar-refractivity contribution in [3.63, 3.8) is 0 Å². The normalized spacial score (nSPS) is 12.8. The van der Waals surface area contributed by atoms with Crippen molar-refractivity contribution < 1.29 is 4.74 Å². The molecule has 0 saturated carbocycles. The summed E-state index contributed by atoms with van der Waals surface area (Å²) in [6.45, 7) is 11.6. The standard InChI is InChI=1S/C19H30O/c1-6-9-10-12-17(11-7-2)18-13-14-19(20-8-3)16(5)15(18)4/h9-10,13-14,17H,6-8,11-12H2,1-5H3/b10-9-. The van der Waals surface area contributed by atoms with E-state index < -0.39 is 0 Å². The van der Waals surface area contributed by atoms with E-state index in [2.05, 4.69) is 52.0 Å². The lowest BCUT2D eigenvalue weighted by Crippen LogP contribution is -2.04. The van der Waals surface area contributed by atoms with Gasteiger partial charge in [0.1, 0.15) is 5.75 Å². The van der Waals surface area contributed by atoms with Crippen LogP contribution in [0.25, 0.3) is 0 Å². The Labute approximate surface area is 125 Å². The molecule has 1 aromatic rings. The van der Waals surface area contributed by atoms with Gasteiger partial charge in [0.05, 0.1) is 6.61 Å². The molecule has 112 valence electrons. The van der Waals surface area contributed by atoms with Crippen molar-refractivity contribution >= 4 is 0 Å². The molecule has 0 aromatic heterocycles. The fourth-order valence-corrected chi connectivity index (χ4v) is 2.75. The van der Waals surface area contributed by atoms with Crippen molar-refractivity contribution in [2.24, 2.45) is 0 Å². The molecule has 0 fully saturated rings. The highest BCUT2D eigenvalue weighted by Gasteiger charge is 2.15. The van der Waals surface area contributed by atoms with E-state index in [1.54, 1.807) is 0 Å². The SMILES string of the molecule is CC/C=C\CC(CCC)c1ccc(OCC)c(C)c1C. The minimum atomic E-state index is 0.636. The van der Waals surface area contributed by atoms with Crippen LogP contribution in [0.15, 0.2) is 24.3 Å². The smallest absolute Gasteiger partial charge is 0.122 e. The molecule has 0 aliphatic rings. The first-order chi connectivity index (χ1) is 9.65. The number of benzene rings is 1. The molecule has 0 saturated heterocycles. The van der Waals surface area contributed by atoms with Gasteiger partial charge in [0.2, 0.25) is 0 Å². The quantitative estimate of drug-likeness (QED) is 0.533. The molecule has 0 radical (unpaired) electrons. The van der Waals surface area contributed by atoms with E-state index in [0.29, 0.717) is 5.92 Å². The van der Waals surface area contributed by atoms with Crippen LogP contribution in [0.2, 0.25) is 0 Å². The maximum absolute atomic E-state index is 5.70. The zero-order valence-electron chi connectivity index (χ0n) is 13.8. The van der Waals surface area contributed by atoms with Crippen LogP contribution in [-0.2, 0) is 0 Å². The minimum Gasteiger partial charge on any atom is -0.494 e. The van der Waals surface area contributed by atoms with E-state index in [4.69, 9.17) is 4.74 Å². The van der Waals surface area contributed by atoms with Crippen molar-refractivity contribution in [3.8, 4) is 5.75 Å². The molecule has 0 bridgehead atoms. The summed E-state index contributed by atoms with van der Waals surface area (Å²) < 4.78 is 5.70. The Bertz CT molecular complexity index is 432. The molecule has 0 N–H and O–H groups in total. The van der Waals surface area contributed by atoms with E-state index in [1.165, 1.54) is 29.5 Å². The summed E-state index contributed by atoms with van der Waals surface area (Å²) >= 11 is 0. The first-order valence-corrected chi connectivity index (χ1v) is 8.03. The van der Waals surface area contributed by atoms with Gasteiger partial charge in [0.25, 0.3) is 0 Å². The van der Waals surface area contributed by atoms with Gasteiger partial charge in [0, 0.05) is 0 Å². The lowest BCUT2D eigenvalue weighted by atomic mass is 9.86. The summed E-state index contributed by atoms with van der Waals surface area (Å²) in [6, 6.07) is 4.42. The van der Waals surface area contributed by atoms with Crippen LogP contribution < -0.4 is 4.74 Å². The maximum atomic E-state index is 5.70. The average Bonchev–Trinajstić information content (AvgIpc) is 2.44. The Morgan fingerprint density at radius 2 is 1.80 bits per heavy atom. The summed E-state index contributed by atoms with van der Waals surface area (Å²) in [5.41, 5.74) is 4.19. The van der Waals surface area contributed by atoms with E-state index in [-0.39, 0.29) is 0 Å². The van der Waals surface area contributed by atoms with Crippen molar-refractivity contribution in [1.29, 1.82) is 0 Å². The average molecular weight is 274 g/mol. The van der Waals surface area contributed by atoms with Crippen LogP contribution >= 0.6 is 0 Å². The van der Waals surface area contributed by atoms with E-state index >= 15 is 0 Å². The molecule has 1 nitrogen and oxygen atoms in total. The number of ether oxygens (including phenoxy) is 1. The van der Waals surface area contributed by atoms with Gasteiger partial charge in [-0.2, -0.15) is 0 Å². The number of allylic oxidation sites excluding steroid dienone is 2. The van der Waals surface area contributed by atoms with Crippen molar-refractivity contribution in [1.82, 2.24) is 0 Å². The van der Waals surface area contributed by atoms with Gasteiger partial charge < -0.3 is 4.74 Å². The van der Waals surface area contributed by atoms with Crippen LogP contribution in [0.3, 0.4) is 0 Å². The summed E-state index contributed by atoms with van der Waals surface area (Å²) in [7, 11) is 0. The molecule has 1 heteroatoms. The molecule has 1 rings (SSSR count). The Morgan fingerprint density at radius 1 is 1.05 bits per heavy atom. The second-order valence-corrected chi connectivity index (χ2v) is 5.44. The maximum Gasteiger partial charge on any atom is 0.122 e. The molecule has 0 heterocycles. The fraction of sp³-hybridized carbons (Fsp3) is 0.579. The monoisotopic (exact) mass is 274 g/mol. The van der Waals surface area contributed by atoms with Crippen LogP contribution in [0.4, 0.5) is 0 Å². The highest BCUT2D eigenvalue weighted by atomic mass is 16.5. The van der Waals surface area contributed by atoms with Crippen LogP contribution in [-0.4, -0.2) is 6.61 Å². The Balaban J connectivity index is 3.01. The third-order valence-electron chi connectivity index (χ3n) is 3.98. The molecule has 0 spiro atoms. The van der Waals surface area contributed by atoms with Gasteiger partial charge in [-0.25, -0.2) is 0 Å². The summed E-state index contributed by atoms with van der Waals surface area (Å²) in [5.74, 6) is 1.67. The Morgan fingerprint density at radius 3 is 2.40 bits per heavy atom. The Kier molecular flexibility index (Phi) is 7.43. The lowest BCUT2D eigenvalue weighted by molar-refractivity contribution is 0.337. The molecule has 1 aromatic carbocycles. The predicted octanol–water partition coefficient (Wildman–Crippen LogP) is 5.94. The zero-order valence-corrected chi connectivity index (χ0v) is 13.8. The molecule has 1 atom stereocenters. The van der Waals surface area contributed by atoms with Gasteiger partial charge >= 0.3 is 0 Å². The lowest BCUT2D eigenvalue weighted by Gasteiger charge is -2.20. The summed E-state index contributed by atoms with van der Waals surface area (Å²) in [5, 5.41) is 0. The highest BCUT2D eigenvalue weighted by molar-refractivity contribution is 5.45. The summed E-state index contributed by atoms with van der Waals surface area (Å²) in [6.07, 6.45) is 9.37. The largest absolute Gasteiger partial charge is 0.494 e. The number of rotatable bonds is 8. The second-order valence-electron chi connectivity index (χ2n) is 5.44. The van der Waals surface area contributed by atoms with Crippen LogP contribution in [0.1, 0.15) is 69.1 Å². The molecule has 0 aliphatic heterocycles. The van der Waals surface area contributed by atoms with Gasteiger partial charge in [-0.3, -0.25) is 0 Å². The molecular formula is C19H30O. The number of hydrogen-bond acceptors (Lipinski definition) is 1. The fourth-order valence-electron chi connectivity index (χ4n) is 2.75. The topological polar surface area (TPSA) is 9.23 Å². The third kappa shape index (κ3) is 4.40. The zero-order chi connectivity index (χ0) is 15.0. The molecule has 20 heavy (non-hydrogen) atoms. The third-order valence-corrected chi connectivity index (χ3v) is 3.98. The van der Waals surface area contributed by atoms with Gasteiger partial charge in [-0.15, -0.1) is 0 Å². The number of hydrogen-bond donors (Lipinski definition) is 0. The summed E-state index contributed by atoms with van der Waals surface area (Å²) in [4.78, 5) is 0. The molecule has 0 aliphatic carbocycles. The van der Waals surface area contributed by atoms with Crippen LogP contribution in [0.5, 0.6) is 5.75 Å². The van der Waals surface area contributed by atoms with Crippen molar-refractivity contribution in [2.75, 3.05) is 6.61 Å². The van der Waals surface area contributed by atoms with Gasteiger partial charge in [-0.1, -0.05) is 38.5 Å². The molecular weight excluding hydrogens is 244 g/mol. The van der Waals surface area contributed by atoms with Gasteiger partial charge in [-0.05, 0) is 68.7 Å². The van der Waals surface area contributed by atoms with Crippen LogP contribution in [0, 0.1) is 13.8 Å². The van der Waals surface area contributed by atoms with E-state index in [9.17, 15) is 0 Å². The predicted molar refractivity (Wildman–Crippen MR) is 88.8 cm³/mol. The van der Waals surface area contributed by atoms with Gasteiger partial charge in [0.15, 0.2) is 0 Å². The molecule has 1 unspecified atom stereocenters. The van der Waals surface area contributed by atoms with E-state index in [0.717, 1.165) is 25.2 Å². The highest BCUT2D eigenvalue weighted by Crippen LogP contribution is 2.33. The Hall–Kier alpha value is -1.24. The van der Waals surface area contributed by atoms with Crippen molar-refractivity contribution in [2.45, 2.75) is 66.2 Å². The van der Waals surface area contributed by atoms with E-state index in [1.807, 2.05) is 6.92 Å². The minimum absolute atomic E-state index is 0.636. The first-order valence-electron chi connectivity index (χ1n) is 8.03. The first kappa shape index (κ1) is 16.8. The van der Waals surface area contributed by atoms with Crippen molar-refractivity contribution in [3.05, 3.63) is 41.0 Å².